The van der Waals surface area contributed by atoms with Gasteiger partial charge in [0.1, 0.15) is 0 Å². The number of hydrazine groups is 1. The SMILES string of the molecule is O=C([O-])c1ccc(C(=O)[O-])c(N(Nc2ccccc2)c2ccccc2)c1.[Li+].[Li+]. The van der Waals surface area contributed by atoms with Gasteiger partial charge in [-0.2, -0.15) is 0 Å². The van der Waals surface area contributed by atoms with E-state index in [-0.39, 0.29) is 54.5 Å². The molecular weight excluding hydrogens is 346 g/mol. The van der Waals surface area contributed by atoms with Crippen LogP contribution in [0.15, 0.2) is 78.9 Å². The van der Waals surface area contributed by atoms with E-state index < -0.39 is 11.9 Å². The van der Waals surface area contributed by atoms with Gasteiger partial charge in [-0.3, -0.25) is 10.4 Å². The van der Waals surface area contributed by atoms with Gasteiger partial charge in [-0.15, -0.1) is 0 Å². The molecule has 0 aliphatic rings. The van der Waals surface area contributed by atoms with Crippen LogP contribution in [0.5, 0.6) is 0 Å². The fourth-order valence-corrected chi connectivity index (χ4v) is 2.50. The third kappa shape index (κ3) is 5.45. The summed E-state index contributed by atoms with van der Waals surface area (Å²) in [5, 5.41) is 24.3. The van der Waals surface area contributed by atoms with Crippen LogP contribution in [0.25, 0.3) is 0 Å². The number of nitrogens with one attached hydrogen (secondary N) is 1. The van der Waals surface area contributed by atoms with Crippen LogP contribution in [0.2, 0.25) is 0 Å². The molecule has 0 bridgehead atoms. The van der Waals surface area contributed by atoms with E-state index in [9.17, 15) is 19.8 Å². The van der Waals surface area contributed by atoms with E-state index in [0.717, 1.165) is 0 Å². The standard InChI is InChI=1S/C20H16N2O4.2Li/c23-19(24)14-11-12-17(20(25)26)18(13-14)22(16-9-5-2-6-10-16)21-15-7-3-1-4-8-15;;/h1-13,21H,(H,23,24)(H,25,26);;/q;2*+1/p-2. The number of anilines is 3. The zero-order valence-electron chi connectivity index (χ0n) is 15.6. The minimum atomic E-state index is -1.42. The average Bonchev–Trinajstić information content (AvgIpc) is 2.67. The van der Waals surface area contributed by atoms with Gasteiger partial charge in [-0.1, -0.05) is 48.5 Å². The number of carbonyl (C=O) groups is 2. The molecule has 3 aromatic carbocycles. The van der Waals surface area contributed by atoms with Gasteiger partial charge >= 0.3 is 37.7 Å². The fraction of sp³-hybridized carbons (Fsp3) is 0. The molecule has 3 aromatic rings. The van der Waals surface area contributed by atoms with E-state index in [4.69, 9.17) is 0 Å². The molecule has 0 atom stereocenters. The largest absolute Gasteiger partial charge is 1.00 e. The first-order chi connectivity index (χ1) is 12.6. The molecule has 0 spiro atoms. The molecule has 130 valence electrons. The first kappa shape index (κ1) is 23.4. The number of hydrogen-bond donors (Lipinski definition) is 1. The number of nitrogens with zero attached hydrogens (tertiary/aromatic N) is 1. The third-order valence-electron chi connectivity index (χ3n) is 3.72. The predicted octanol–water partition coefficient (Wildman–Crippen LogP) is -4.41. The first-order valence-corrected chi connectivity index (χ1v) is 7.80. The summed E-state index contributed by atoms with van der Waals surface area (Å²) in [5.74, 6) is -2.82. The van der Waals surface area contributed by atoms with Crippen LogP contribution in [0.4, 0.5) is 17.1 Å². The Morgan fingerprint density at radius 2 is 1.32 bits per heavy atom. The number of rotatable bonds is 6. The molecule has 0 unspecified atom stereocenters. The van der Waals surface area contributed by atoms with Gasteiger partial charge in [-0.05, 0) is 35.9 Å². The van der Waals surface area contributed by atoms with E-state index in [1.165, 1.54) is 23.2 Å². The molecule has 0 saturated carbocycles. The molecule has 0 fully saturated rings. The topological polar surface area (TPSA) is 95.5 Å². The van der Waals surface area contributed by atoms with Crippen molar-refractivity contribution in [2.24, 2.45) is 0 Å². The maximum atomic E-state index is 11.6. The van der Waals surface area contributed by atoms with Crippen molar-refractivity contribution in [2.75, 3.05) is 10.4 Å². The van der Waals surface area contributed by atoms with E-state index in [1.54, 1.807) is 36.4 Å². The molecule has 0 amide bonds. The van der Waals surface area contributed by atoms with Gasteiger partial charge in [0, 0.05) is 5.56 Å². The Labute approximate surface area is 186 Å². The Hall–Kier alpha value is -2.61. The van der Waals surface area contributed by atoms with E-state index in [1.807, 2.05) is 24.3 Å². The van der Waals surface area contributed by atoms with E-state index in [2.05, 4.69) is 5.43 Å². The van der Waals surface area contributed by atoms with Gasteiger partial charge in [0.05, 0.1) is 29.0 Å². The van der Waals surface area contributed by atoms with Crippen LogP contribution in [-0.4, -0.2) is 11.9 Å². The van der Waals surface area contributed by atoms with Crippen molar-refractivity contribution in [2.45, 2.75) is 0 Å². The van der Waals surface area contributed by atoms with Crippen LogP contribution >= 0.6 is 0 Å². The molecule has 8 heteroatoms. The van der Waals surface area contributed by atoms with Crippen molar-refractivity contribution in [3.05, 3.63) is 90.0 Å². The summed E-state index contributed by atoms with van der Waals surface area (Å²) >= 11 is 0. The Morgan fingerprint density at radius 3 is 1.86 bits per heavy atom. The Bertz CT molecular complexity index is 937. The zero-order chi connectivity index (χ0) is 18.5. The Balaban J connectivity index is 0.00000196. The van der Waals surface area contributed by atoms with E-state index >= 15 is 0 Å². The second-order valence-electron chi connectivity index (χ2n) is 5.46. The fourth-order valence-electron chi connectivity index (χ4n) is 2.50. The molecule has 0 heterocycles. The van der Waals surface area contributed by atoms with Gasteiger partial charge in [-0.25, -0.2) is 0 Å². The average molecular weight is 360 g/mol. The number of carbonyl (C=O) groups excluding carboxylic acids is 2. The van der Waals surface area contributed by atoms with Crippen molar-refractivity contribution in [3.8, 4) is 0 Å². The van der Waals surface area contributed by atoms with Gasteiger partial charge in [0.25, 0.3) is 0 Å². The number of aromatic carboxylic acids is 2. The van der Waals surface area contributed by atoms with Crippen molar-refractivity contribution < 1.29 is 57.5 Å². The van der Waals surface area contributed by atoms with Gasteiger partial charge < -0.3 is 19.8 Å². The second-order valence-corrected chi connectivity index (χ2v) is 5.46. The summed E-state index contributed by atoms with van der Waals surface area (Å²) in [6.07, 6.45) is 0. The molecular formula is C20H14Li2N2O4. The number of carboxylic acids is 2. The molecule has 3 rings (SSSR count). The molecule has 28 heavy (non-hydrogen) atoms. The predicted molar refractivity (Wildman–Crippen MR) is 93.7 cm³/mol. The quantitative estimate of drug-likeness (QED) is 0.352. The normalized spacial score (nSPS) is 9.43. The van der Waals surface area contributed by atoms with Crippen LogP contribution in [0.1, 0.15) is 20.7 Å². The minimum Gasteiger partial charge on any atom is -0.545 e. The van der Waals surface area contributed by atoms with E-state index in [0.29, 0.717) is 11.4 Å². The summed E-state index contributed by atoms with van der Waals surface area (Å²) < 4.78 is 0. The van der Waals surface area contributed by atoms with Crippen molar-refractivity contribution in [1.29, 1.82) is 0 Å². The minimum absolute atomic E-state index is 0. The second kappa shape index (κ2) is 10.7. The summed E-state index contributed by atoms with van der Waals surface area (Å²) in [6.45, 7) is 0. The molecule has 1 N–H and O–H groups in total. The molecule has 0 radical (unpaired) electrons. The number of benzene rings is 3. The molecule has 0 saturated heterocycles. The Kier molecular flexibility index (Phi) is 8.92. The number of para-hydroxylation sites is 2. The maximum Gasteiger partial charge on any atom is 1.00 e. The van der Waals surface area contributed by atoms with Gasteiger partial charge in [0.2, 0.25) is 0 Å². The third-order valence-corrected chi connectivity index (χ3v) is 3.72. The summed E-state index contributed by atoms with van der Waals surface area (Å²) in [4.78, 5) is 22.8. The maximum absolute atomic E-state index is 11.6. The monoisotopic (exact) mass is 360 g/mol. The van der Waals surface area contributed by atoms with Crippen LogP contribution in [0, 0.1) is 0 Å². The van der Waals surface area contributed by atoms with Crippen molar-refractivity contribution >= 4 is 29.0 Å². The number of hydrogen-bond acceptors (Lipinski definition) is 6. The summed E-state index contributed by atoms with van der Waals surface area (Å²) in [7, 11) is 0. The molecule has 0 aliphatic heterocycles. The number of carboxylic acid groups (broad SMARTS) is 2. The van der Waals surface area contributed by atoms with Crippen LogP contribution in [0.3, 0.4) is 0 Å². The Morgan fingerprint density at radius 1 is 0.750 bits per heavy atom. The smallest absolute Gasteiger partial charge is 0.545 e. The van der Waals surface area contributed by atoms with Crippen molar-refractivity contribution in [1.82, 2.24) is 0 Å². The zero-order valence-corrected chi connectivity index (χ0v) is 15.6. The molecule has 0 aromatic heterocycles. The molecule has 0 aliphatic carbocycles. The first-order valence-electron chi connectivity index (χ1n) is 7.80. The van der Waals surface area contributed by atoms with Crippen molar-refractivity contribution in [3.63, 3.8) is 0 Å². The van der Waals surface area contributed by atoms with Crippen LogP contribution < -0.4 is 58.4 Å². The summed E-state index contributed by atoms with van der Waals surface area (Å²) in [6, 6.07) is 21.6. The summed E-state index contributed by atoms with van der Waals surface area (Å²) in [5.41, 5.74) is 4.25. The molecule has 6 nitrogen and oxygen atoms in total. The van der Waals surface area contributed by atoms with Gasteiger partial charge in [0.15, 0.2) is 0 Å². The van der Waals surface area contributed by atoms with Crippen LogP contribution in [-0.2, 0) is 0 Å².